The van der Waals surface area contributed by atoms with Crippen molar-refractivity contribution in [2.75, 3.05) is 11.3 Å². The van der Waals surface area contributed by atoms with Gasteiger partial charge in [0.15, 0.2) is 5.03 Å². The summed E-state index contributed by atoms with van der Waals surface area (Å²) in [6.45, 7) is 5.43. The Morgan fingerprint density at radius 2 is 2.09 bits per heavy atom. The number of sulfonamides is 1. The van der Waals surface area contributed by atoms with E-state index in [9.17, 15) is 13.2 Å². The Hall–Kier alpha value is -2.35. The van der Waals surface area contributed by atoms with Gasteiger partial charge in [-0.25, -0.2) is 4.79 Å². The first kappa shape index (κ1) is 16.0. The van der Waals surface area contributed by atoms with Crippen LogP contribution in [0.5, 0.6) is 0 Å². The highest BCUT2D eigenvalue weighted by atomic mass is 32.2. The Morgan fingerprint density at radius 3 is 2.77 bits per heavy atom. The molecule has 8 heteroatoms. The van der Waals surface area contributed by atoms with Crippen LogP contribution in [0.15, 0.2) is 29.4 Å². The minimum Gasteiger partial charge on any atom is -0.462 e. The van der Waals surface area contributed by atoms with E-state index in [1.807, 2.05) is 19.1 Å². The molecule has 118 valence electrons. The number of hydrogen-bond donors (Lipinski definition) is 2. The van der Waals surface area contributed by atoms with Gasteiger partial charge in [-0.3, -0.25) is 9.82 Å². The Kier molecular flexibility index (Phi) is 4.51. The van der Waals surface area contributed by atoms with Gasteiger partial charge in [0, 0.05) is 0 Å². The molecule has 1 heterocycles. The quantitative estimate of drug-likeness (QED) is 0.820. The summed E-state index contributed by atoms with van der Waals surface area (Å²) in [6, 6.07) is 5.41. The van der Waals surface area contributed by atoms with E-state index in [2.05, 4.69) is 14.9 Å². The maximum absolute atomic E-state index is 12.5. The summed E-state index contributed by atoms with van der Waals surface area (Å²) in [5, 5.41) is 5.65. The topological polar surface area (TPSA) is 101 Å². The zero-order valence-electron chi connectivity index (χ0n) is 12.5. The number of aromatic nitrogens is 2. The zero-order chi connectivity index (χ0) is 16.3. The van der Waals surface area contributed by atoms with Crippen molar-refractivity contribution < 1.29 is 17.9 Å². The average Bonchev–Trinajstić information content (AvgIpc) is 2.93. The average molecular weight is 323 g/mol. The minimum atomic E-state index is -3.97. The number of H-pyrrole nitrogens is 1. The van der Waals surface area contributed by atoms with E-state index >= 15 is 0 Å². The Bertz CT molecular complexity index is 796. The lowest BCUT2D eigenvalue weighted by atomic mass is 10.1. The number of nitrogens with one attached hydrogen (secondary N) is 2. The van der Waals surface area contributed by atoms with E-state index in [0.29, 0.717) is 5.69 Å². The molecule has 2 aromatic rings. The standard InChI is InChI=1S/C14H17N3O4S/c1-4-21-14(18)11-8-15-16-13(11)22(19,20)17-12-7-9(2)5-6-10(12)3/h5-8,17H,4H2,1-3H3,(H,15,16). The molecule has 2 N–H and O–H groups in total. The molecule has 0 fully saturated rings. The van der Waals surface area contributed by atoms with Gasteiger partial charge >= 0.3 is 5.97 Å². The van der Waals surface area contributed by atoms with E-state index in [-0.39, 0.29) is 17.2 Å². The fourth-order valence-electron chi connectivity index (χ4n) is 1.87. The van der Waals surface area contributed by atoms with Crippen LogP contribution in [0.25, 0.3) is 0 Å². The van der Waals surface area contributed by atoms with Gasteiger partial charge in [-0.15, -0.1) is 0 Å². The second-order valence-corrected chi connectivity index (χ2v) is 6.38. The highest BCUT2D eigenvalue weighted by molar-refractivity contribution is 7.92. The van der Waals surface area contributed by atoms with Crippen LogP contribution < -0.4 is 4.72 Å². The van der Waals surface area contributed by atoms with Gasteiger partial charge in [-0.1, -0.05) is 12.1 Å². The van der Waals surface area contributed by atoms with Crippen LogP contribution in [-0.2, 0) is 14.8 Å². The van der Waals surface area contributed by atoms with E-state index in [0.717, 1.165) is 17.3 Å². The first-order chi connectivity index (χ1) is 10.3. The number of esters is 1. The lowest BCUT2D eigenvalue weighted by Gasteiger charge is -2.11. The molecule has 0 radical (unpaired) electrons. The largest absolute Gasteiger partial charge is 0.462 e. The molecule has 7 nitrogen and oxygen atoms in total. The van der Waals surface area contributed by atoms with Gasteiger partial charge in [0.25, 0.3) is 10.0 Å². The number of aryl methyl sites for hydroxylation is 2. The third-order valence-corrected chi connectivity index (χ3v) is 4.34. The van der Waals surface area contributed by atoms with Gasteiger partial charge in [0.1, 0.15) is 5.56 Å². The van der Waals surface area contributed by atoms with Crippen LogP contribution in [0.2, 0.25) is 0 Å². The zero-order valence-corrected chi connectivity index (χ0v) is 13.3. The lowest BCUT2D eigenvalue weighted by Crippen LogP contribution is -2.18. The predicted octanol–water partition coefficient (Wildman–Crippen LogP) is 2.00. The number of aromatic amines is 1. The summed E-state index contributed by atoms with van der Waals surface area (Å²) >= 11 is 0. The van der Waals surface area contributed by atoms with Crippen molar-refractivity contribution in [3.05, 3.63) is 41.1 Å². The number of carbonyl (C=O) groups excluding carboxylic acids is 1. The molecule has 0 saturated carbocycles. The van der Waals surface area contributed by atoms with Gasteiger partial charge in [-0.05, 0) is 38.0 Å². The molecule has 2 rings (SSSR count). The summed E-state index contributed by atoms with van der Waals surface area (Å²) in [4.78, 5) is 11.8. The molecule has 1 aromatic carbocycles. The first-order valence-electron chi connectivity index (χ1n) is 6.65. The van der Waals surface area contributed by atoms with Gasteiger partial charge in [0.05, 0.1) is 18.5 Å². The molecule has 0 spiro atoms. The number of anilines is 1. The predicted molar refractivity (Wildman–Crippen MR) is 81.3 cm³/mol. The van der Waals surface area contributed by atoms with Gasteiger partial charge < -0.3 is 4.74 Å². The molecule has 1 aromatic heterocycles. The summed E-state index contributed by atoms with van der Waals surface area (Å²) in [5.74, 6) is -0.738. The van der Waals surface area contributed by atoms with Gasteiger partial charge in [-0.2, -0.15) is 13.5 Å². The number of hydrogen-bond acceptors (Lipinski definition) is 5. The Labute approximate surface area is 128 Å². The summed E-state index contributed by atoms with van der Waals surface area (Å²) in [6.07, 6.45) is 1.13. The van der Waals surface area contributed by atoms with Crippen LogP contribution in [0.3, 0.4) is 0 Å². The second-order valence-electron chi connectivity index (χ2n) is 4.76. The normalized spacial score (nSPS) is 11.2. The van der Waals surface area contributed by atoms with Crippen molar-refractivity contribution >= 4 is 21.7 Å². The molecule has 0 aliphatic heterocycles. The third-order valence-electron chi connectivity index (χ3n) is 3.01. The summed E-state index contributed by atoms with van der Waals surface area (Å²) < 4.78 is 32.2. The van der Waals surface area contributed by atoms with E-state index in [1.54, 1.807) is 19.9 Å². The first-order valence-corrected chi connectivity index (χ1v) is 8.14. The minimum absolute atomic E-state index is 0.125. The smallest absolute Gasteiger partial charge is 0.342 e. The highest BCUT2D eigenvalue weighted by Crippen LogP contribution is 2.22. The summed E-state index contributed by atoms with van der Waals surface area (Å²) in [7, 11) is -3.97. The van der Waals surface area contributed by atoms with Crippen LogP contribution >= 0.6 is 0 Å². The molecular weight excluding hydrogens is 306 g/mol. The van der Waals surface area contributed by atoms with Gasteiger partial charge in [0.2, 0.25) is 0 Å². The molecular formula is C14H17N3O4S. The Morgan fingerprint density at radius 1 is 1.36 bits per heavy atom. The number of rotatable bonds is 5. The third kappa shape index (κ3) is 3.28. The molecule has 0 aliphatic rings. The SMILES string of the molecule is CCOC(=O)c1cn[nH]c1S(=O)(=O)Nc1cc(C)ccc1C. The van der Waals surface area contributed by atoms with Crippen molar-refractivity contribution in [1.29, 1.82) is 0 Å². The number of benzene rings is 1. The molecule has 0 amide bonds. The highest BCUT2D eigenvalue weighted by Gasteiger charge is 2.26. The lowest BCUT2D eigenvalue weighted by molar-refractivity contribution is 0.0522. The van der Waals surface area contributed by atoms with Crippen molar-refractivity contribution in [2.24, 2.45) is 0 Å². The molecule has 0 bridgehead atoms. The van der Waals surface area contributed by atoms with Crippen molar-refractivity contribution in [2.45, 2.75) is 25.8 Å². The second kappa shape index (κ2) is 6.18. The molecule has 0 unspecified atom stereocenters. The maximum atomic E-state index is 12.5. The summed E-state index contributed by atoms with van der Waals surface area (Å²) in [5.41, 5.74) is 2.01. The Balaban J connectivity index is 2.38. The van der Waals surface area contributed by atoms with Crippen LogP contribution in [0.1, 0.15) is 28.4 Å². The number of nitrogens with zero attached hydrogens (tertiary/aromatic N) is 1. The molecule has 0 atom stereocenters. The van der Waals surface area contributed by atoms with E-state index in [1.165, 1.54) is 0 Å². The van der Waals surface area contributed by atoms with E-state index < -0.39 is 16.0 Å². The number of carbonyl (C=O) groups is 1. The van der Waals surface area contributed by atoms with Crippen LogP contribution in [0.4, 0.5) is 5.69 Å². The fourth-order valence-corrected chi connectivity index (χ4v) is 3.08. The van der Waals surface area contributed by atoms with Crippen LogP contribution in [0, 0.1) is 13.8 Å². The maximum Gasteiger partial charge on any atom is 0.342 e. The van der Waals surface area contributed by atoms with Crippen molar-refractivity contribution in [1.82, 2.24) is 10.2 Å². The number of ether oxygens (including phenoxy) is 1. The van der Waals surface area contributed by atoms with Crippen molar-refractivity contribution in [3.8, 4) is 0 Å². The monoisotopic (exact) mass is 323 g/mol. The molecule has 0 aliphatic carbocycles. The molecule has 22 heavy (non-hydrogen) atoms. The fraction of sp³-hybridized carbons (Fsp3) is 0.286. The van der Waals surface area contributed by atoms with Crippen molar-refractivity contribution in [3.63, 3.8) is 0 Å². The molecule has 0 saturated heterocycles. The van der Waals surface area contributed by atoms with Crippen LogP contribution in [-0.4, -0.2) is 31.2 Å². The van der Waals surface area contributed by atoms with E-state index in [4.69, 9.17) is 4.74 Å².